The molecule has 0 fully saturated rings. The Morgan fingerprint density at radius 1 is 0.565 bits per heavy atom. The van der Waals surface area contributed by atoms with Gasteiger partial charge in [0.2, 0.25) is 0 Å². The van der Waals surface area contributed by atoms with Crippen molar-refractivity contribution in [2.45, 2.75) is 0 Å². The Kier molecular flexibility index (Phi) is 9.64. The molecule has 0 aliphatic rings. The number of halogens is 1. The second-order valence-electron chi connectivity index (χ2n) is 9.92. The first kappa shape index (κ1) is 31.7. The van der Waals surface area contributed by atoms with Gasteiger partial charge < -0.3 is 24.7 Å². The average Bonchev–Trinajstić information content (AvgIpc) is 3.10. The fraction of sp³-hybridized carbons (Fsp3) is 0.111. The fourth-order valence-electron chi connectivity index (χ4n) is 4.85. The summed E-state index contributed by atoms with van der Waals surface area (Å²) in [6.07, 6.45) is 0. The van der Waals surface area contributed by atoms with Gasteiger partial charge in [-0.3, -0.25) is 9.59 Å². The van der Waals surface area contributed by atoms with Crippen LogP contribution in [0.15, 0.2) is 97.1 Å². The molecule has 10 heteroatoms. The van der Waals surface area contributed by atoms with Gasteiger partial charge in [0.25, 0.3) is 0 Å². The lowest BCUT2D eigenvalue weighted by atomic mass is 10.0. The van der Waals surface area contributed by atoms with Gasteiger partial charge in [-0.25, -0.2) is 9.97 Å². The molecule has 9 nitrogen and oxygen atoms in total. The van der Waals surface area contributed by atoms with Crippen molar-refractivity contribution in [1.29, 1.82) is 0 Å². The van der Waals surface area contributed by atoms with E-state index in [0.717, 1.165) is 10.8 Å². The van der Waals surface area contributed by atoms with Crippen LogP contribution in [0.4, 0.5) is 5.82 Å². The molecule has 0 aliphatic heterocycles. The number of fused-ring (bicyclic) bond motifs is 2. The standard InChI is InChI=1S/C18H14ClNO3.C18H16N2O3/c2*1-22-12-7-8-15-11(9-12)10-14(18(19)20-15)17(21)13-5-3-4-6-16(13)23-2/h3-10H,1-2H3;3-10H,1-2H3,(H2,19,20). The number of nitrogens with two attached hydrogens (primary N) is 1. The third kappa shape index (κ3) is 6.55. The van der Waals surface area contributed by atoms with E-state index in [1.165, 1.54) is 14.2 Å². The maximum absolute atomic E-state index is 12.8. The highest BCUT2D eigenvalue weighted by Gasteiger charge is 2.20. The van der Waals surface area contributed by atoms with Gasteiger partial charge in [-0.15, -0.1) is 0 Å². The Labute approximate surface area is 270 Å². The first-order valence-corrected chi connectivity index (χ1v) is 14.4. The summed E-state index contributed by atoms with van der Waals surface area (Å²) in [5, 5.41) is 1.74. The molecule has 0 radical (unpaired) electrons. The Bertz CT molecular complexity index is 1930. The van der Waals surface area contributed by atoms with Crippen LogP contribution in [0, 0.1) is 0 Å². The SMILES string of the molecule is COc1ccc2nc(Cl)c(C(=O)c3ccccc3OC)cc2c1.COc1ccc2nc(N)c(C(=O)c3ccccc3OC)cc2c1. The number of benzene rings is 4. The first-order valence-electron chi connectivity index (χ1n) is 14.0. The molecule has 2 heterocycles. The number of carbonyl (C=O) groups is 2. The molecular weight excluding hydrogens is 606 g/mol. The maximum Gasteiger partial charge on any atom is 0.200 e. The number of ether oxygens (including phenoxy) is 4. The molecule has 0 bridgehead atoms. The van der Waals surface area contributed by atoms with Crippen LogP contribution in [0.25, 0.3) is 21.8 Å². The van der Waals surface area contributed by atoms with Crippen molar-refractivity contribution < 1.29 is 28.5 Å². The molecule has 0 aliphatic carbocycles. The number of methoxy groups -OCH3 is 4. The predicted octanol–water partition coefficient (Wildman–Crippen LogP) is 7.20. The van der Waals surface area contributed by atoms with Gasteiger partial charge >= 0.3 is 0 Å². The Balaban J connectivity index is 0.000000181. The van der Waals surface area contributed by atoms with Gasteiger partial charge in [-0.05, 0) is 72.8 Å². The van der Waals surface area contributed by atoms with E-state index in [1.807, 2.05) is 24.3 Å². The number of anilines is 1. The van der Waals surface area contributed by atoms with Gasteiger partial charge in [0, 0.05) is 10.8 Å². The van der Waals surface area contributed by atoms with Crippen molar-refractivity contribution in [3.63, 3.8) is 0 Å². The summed E-state index contributed by atoms with van der Waals surface area (Å²) in [6.45, 7) is 0. The average molecular weight is 636 g/mol. The molecule has 0 unspecified atom stereocenters. The monoisotopic (exact) mass is 635 g/mol. The van der Waals surface area contributed by atoms with Crippen molar-refractivity contribution in [3.8, 4) is 23.0 Å². The summed E-state index contributed by atoms with van der Waals surface area (Å²) in [5.74, 6) is 2.12. The lowest BCUT2D eigenvalue weighted by Crippen LogP contribution is -2.08. The van der Waals surface area contributed by atoms with Crippen LogP contribution < -0.4 is 24.7 Å². The molecule has 0 spiro atoms. The summed E-state index contributed by atoms with van der Waals surface area (Å²) in [4.78, 5) is 34.2. The van der Waals surface area contributed by atoms with Crippen molar-refractivity contribution in [2.24, 2.45) is 0 Å². The van der Waals surface area contributed by atoms with Crippen LogP contribution in [-0.4, -0.2) is 50.0 Å². The Morgan fingerprint density at radius 3 is 1.52 bits per heavy atom. The predicted molar refractivity (Wildman–Crippen MR) is 179 cm³/mol. The molecule has 0 saturated heterocycles. The first-order chi connectivity index (χ1) is 22.3. The molecule has 0 atom stereocenters. The highest BCUT2D eigenvalue weighted by atomic mass is 35.5. The molecule has 6 rings (SSSR count). The third-order valence-corrected chi connectivity index (χ3v) is 7.51. The minimum Gasteiger partial charge on any atom is -0.497 e. The Morgan fingerprint density at radius 2 is 1.02 bits per heavy atom. The Hall–Kier alpha value is -5.67. The van der Waals surface area contributed by atoms with Crippen LogP contribution in [0.1, 0.15) is 31.8 Å². The lowest BCUT2D eigenvalue weighted by molar-refractivity contribution is 0.102. The van der Waals surface area contributed by atoms with Crippen LogP contribution >= 0.6 is 11.6 Å². The number of para-hydroxylation sites is 2. The van der Waals surface area contributed by atoms with Gasteiger partial charge in [0.05, 0.1) is 61.7 Å². The largest absolute Gasteiger partial charge is 0.497 e. The highest BCUT2D eigenvalue weighted by Crippen LogP contribution is 2.29. The molecule has 2 N–H and O–H groups in total. The molecular formula is C36H30ClN3O6. The van der Waals surface area contributed by atoms with Crippen LogP contribution in [0.2, 0.25) is 5.15 Å². The van der Waals surface area contributed by atoms with Crippen molar-refractivity contribution in [3.05, 3.63) is 124 Å². The normalized spacial score (nSPS) is 10.5. The number of hydrogen-bond donors (Lipinski definition) is 1. The summed E-state index contributed by atoms with van der Waals surface area (Å²) in [6, 6.07) is 28.4. The minimum atomic E-state index is -0.232. The van der Waals surface area contributed by atoms with E-state index < -0.39 is 0 Å². The van der Waals surface area contributed by atoms with E-state index in [0.29, 0.717) is 56.3 Å². The number of aromatic nitrogens is 2. The van der Waals surface area contributed by atoms with Crippen LogP contribution in [0.5, 0.6) is 23.0 Å². The van der Waals surface area contributed by atoms with Crippen LogP contribution in [-0.2, 0) is 0 Å². The fourth-order valence-corrected chi connectivity index (χ4v) is 5.08. The van der Waals surface area contributed by atoms with Crippen molar-refractivity contribution in [2.75, 3.05) is 34.2 Å². The summed E-state index contributed by atoms with van der Waals surface area (Å²) in [7, 11) is 6.23. The summed E-state index contributed by atoms with van der Waals surface area (Å²) >= 11 is 6.21. The molecule has 2 aromatic heterocycles. The third-order valence-electron chi connectivity index (χ3n) is 7.22. The molecule has 6 aromatic rings. The second-order valence-corrected chi connectivity index (χ2v) is 10.3. The molecule has 0 amide bonds. The maximum atomic E-state index is 12.8. The summed E-state index contributed by atoms with van der Waals surface area (Å²) in [5.41, 5.74) is 8.96. The van der Waals surface area contributed by atoms with E-state index in [1.54, 1.807) is 87.0 Å². The topological polar surface area (TPSA) is 123 Å². The van der Waals surface area contributed by atoms with Gasteiger partial charge in [-0.1, -0.05) is 35.9 Å². The van der Waals surface area contributed by atoms with Gasteiger partial charge in [-0.2, -0.15) is 0 Å². The highest BCUT2D eigenvalue weighted by molar-refractivity contribution is 6.34. The smallest absolute Gasteiger partial charge is 0.200 e. The zero-order valence-corrected chi connectivity index (χ0v) is 26.3. The molecule has 4 aromatic carbocycles. The zero-order valence-electron chi connectivity index (χ0n) is 25.5. The molecule has 0 saturated carbocycles. The molecule has 46 heavy (non-hydrogen) atoms. The number of carbonyl (C=O) groups excluding carboxylic acids is 2. The van der Waals surface area contributed by atoms with Gasteiger partial charge in [0.15, 0.2) is 11.6 Å². The quantitative estimate of drug-likeness (QED) is 0.137. The number of ketones is 2. The number of nitrogens with zero attached hydrogens (tertiary/aromatic N) is 2. The van der Waals surface area contributed by atoms with E-state index >= 15 is 0 Å². The van der Waals surface area contributed by atoms with E-state index in [2.05, 4.69) is 9.97 Å². The number of rotatable bonds is 8. The van der Waals surface area contributed by atoms with E-state index in [9.17, 15) is 9.59 Å². The van der Waals surface area contributed by atoms with E-state index in [4.69, 9.17) is 36.3 Å². The van der Waals surface area contributed by atoms with E-state index in [-0.39, 0.29) is 22.5 Å². The number of hydrogen-bond acceptors (Lipinski definition) is 9. The minimum absolute atomic E-state index is 0.165. The second kappa shape index (κ2) is 14.0. The zero-order chi connectivity index (χ0) is 32.8. The van der Waals surface area contributed by atoms with Gasteiger partial charge in [0.1, 0.15) is 34.0 Å². The van der Waals surface area contributed by atoms with Crippen molar-refractivity contribution >= 4 is 50.8 Å². The summed E-state index contributed by atoms with van der Waals surface area (Å²) < 4.78 is 20.9. The molecule has 232 valence electrons. The lowest BCUT2D eigenvalue weighted by Gasteiger charge is -2.10. The van der Waals surface area contributed by atoms with Crippen molar-refractivity contribution in [1.82, 2.24) is 9.97 Å². The van der Waals surface area contributed by atoms with Crippen LogP contribution in [0.3, 0.4) is 0 Å². The number of nitrogen functional groups attached to an aromatic ring is 1. The number of pyridine rings is 2.